The number of sulfonamides is 1. The number of anilines is 2. The van der Waals surface area contributed by atoms with Crippen molar-refractivity contribution >= 4 is 33.2 Å². The molecule has 0 bridgehead atoms. The van der Waals surface area contributed by atoms with E-state index in [9.17, 15) is 18.0 Å². The first-order valence-electron chi connectivity index (χ1n) is 9.33. The fourth-order valence-electron chi connectivity index (χ4n) is 3.54. The molecule has 2 amide bonds. The van der Waals surface area contributed by atoms with Crippen LogP contribution in [0.4, 0.5) is 11.4 Å². The van der Waals surface area contributed by atoms with Gasteiger partial charge in [0.05, 0.1) is 24.0 Å². The van der Waals surface area contributed by atoms with Crippen LogP contribution in [0.3, 0.4) is 0 Å². The molecule has 1 atom stereocenters. The first-order chi connectivity index (χ1) is 13.9. The van der Waals surface area contributed by atoms with E-state index in [0.717, 1.165) is 5.56 Å². The lowest BCUT2D eigenvalue weighted by Gasteiger charge is -2.26. The maximum atomic E-state index is 12.9. The van der Waals surface area contributed by atoms with Crippen LogP contribution in [0.1, 0.15) is 17.9 Å². The Morgan fingerprint density at radius 3 is 2.66 bits per heavy atom. The van der Waals surface area contributed by atoms with Gasteiger partial charge in [0.15, 0.2) is 0 Å². The normalized spacial score (nSPS) is 19.9. The quantitative estimate of drug-likeness (QED) is 0.792. The highest BCUT2D eigenvalue weighted by Gasteiger charge is 2.31. The van der Waals surface area contributed by atoms with Crippen molar-refractivity contribution in [3.8, 4) is 0 Å². The van der Waals surface area contributed by atoms with Crippen molar-refractivity contribution < 1.29 is 22.7 Å². The third-order valence-corrected chi connectivity index (χ3v) is 6.92. The third kappa shape index (κ3) is 4.02. The second kappa shape index (κ2) is 7.94. The van der Waals surface area contributed by atoms with Gasteiger partial charge < -0.3 is 15.4 Å². The van der Waals surface area contributed by atoms with Crippen LogP contribution in [0.15, 0.2) is 53.4 Å². The van der Waals surface area contributed by atoms with Gasteiger partial charge in [0.1, 0.15) is 0 Å². The molecule has 1 fully saturated rings. The molecule has 8 nitrogen and oxygen atoms in total. The number of ether oxygens (including phenoxy) is 1. The summed E-state index contributed by atoms with van der Waals surface area (Å²) in [5, 5.41) is 5.52. The predicted octanol–water partition coefficient (Wildman–Crippen LogP) is 1.77. The maximum absolute atomic E-state index is 12.9. The molecule has 0 unspecified atom stereocenters. The number of morpholine rings is 1. The van der Waals surface area contributed by atoms with Gasteiger partial charge in [0.2, 0.25) is 21.8 Å². The van der Waals surface area contributed by atoms with Gasteiger partial charge >= 0.3 is 0 Å². The number of benzene rings is 2. The van der Waals surface area contributed by atoms with Gasteiger partial charge in [0, 0.05) is 30.9 Å². The Hall–Kier alpha value is -2.75. The summed E-state index contributed by atoms with van der Waals surface area (Å²) in [5.74, 6) is -1.22. The zero-order valence-corrected chi connectivity index (χ0v) is 16.4. The third-order valence-electron chi connectivity index (χ3n) is 5.03. The maximum Gasteiger partial charge on any atom is 0.243 e. The molecular weight excluding hydrogens is 394 g/mol. The fraction of sp³-hybridized carbons (Fsp3) is 0.300. The molecule has 2 N–H and O–H groups in total. The molecule has 0 saturated carbocycles. The van der Waals surface area contributed by atoms with Gasteiger partial charge in [-0.3, -0.25) is 9.59 Å². The number of hydrogen-bond donors (Lipinski definition) is 2. The molecule has 2 aromatic carbocycles. The lowest BCUT2D eigenvalue weighted by atomic mass is 9.90. The zero-order valence-electron chi connectivity index (χ0n) is 15.6. The number of amides is 2. The van der Waals surface area contributed by atoms with Gasteiger partial charge in [-0.15, -0.1) is 0 Å². The highest BCUT2D eigenvalue weighted by atomic mass is 32.2. The molecule has 2 aromatic rings. The van der Waals surface area contributed by atoms with Crippen molar-refractivity contribution in [1.82, 2.24) is 4.31 Å². The van der Waals surface area contributed by atoms with E-state index in [1.165, 1.54) is 16.4 Å². The van der Waals surface area contributed by atoms with E-state index in [1.54, 1.807) is 30.3 Å². The Morgan fingerprint density at radius 2 is 1.86 bits per heavy atom. The molecule has 1 saturated heterocycles. The van der Waals surface area contributed by atoms with Crippen molar-refractivity contribution in [3.63, 3.8) is 0 Å². The van der Waals surface area contributed by atoms with Gasteiger partial charge in [0.25, 0.3) is 0 Å². The van der Waals surface area contributed by atoms with Gasteiger partial charge in [-0.2, -0.15) is 4.31 Å². The number of carbonyl (C=O) groups excluding carboxylic acids is 2. The number of fused-ring (bicyclic) bond motifs is 1. The number of nitrogens with one attached hydrogen (secondary N) is 2. The average molecular weight is 415 g/mol. The van der Waals surface area contributed by atoms with Crippen molar-refractivity contribution in [2.75, 3.05) is 36.9 Å². The standard InChI is InChI=1S/C20H21N3O5S/c24-19-13-17(16-6-1-2-7-18(16)22-19)20(25)21-14-4-3-5-15(12-14)29(26,27)23-8-10-28-11-9-23/h1-7,12,17H,8-11,13H2,(H,21,25)(H,22,24)/t17-/m0/s1. The molecule has 152 valence electrons. The molecule has 4 rings (SSSR count). The molecule has 2 heterocycles. The van der Waals surface area contributed by atoms with Crippen LogP contribution in [-0.4, -0.2) is 50.8 Å². The molecule has 2 aliphatic rings. The Labute approximate surface area is 168 Å². The summed E-state index contributed by atoms with van der Waals surface area (Å²) in [6, 6.07) is 13.3. The van der Waals surface area contributed by atoms with E-state index < -0.39 is 15.9 Å². The van der Waals surface area contributed by atoms with Gasteiger partial charge in [-0.25, -0.2) is 8.42 Å². The second-order valence-electron chi connectivity index (χ2n) is 6.93. The van der Waals surface area contributed by atoms with E-state index in [1.807, 2.05) is 6.07 Å². The Morgan fingerprint density at radius 1 is 1.10 bits per heavy atom. The van der Waals surface area contributed by atoms with E-state index in [2.05, 4.69) is 10.6 Å². The minimum atomic E-state index is -3.66. The van der Waals surface area contributed by atoms with Crippen LogP contribution in [-0.2, 0) is 24.3 Å². The number of nitrogens with zero attached hydrogens (tertiary/aromatic N) is 1. The highest BCUT2D eigenvalue weighted by Crippen LogP contribution is 2.33. The van der Waals surface area contributed by atoms with E-state index in [0.29, 0.717) is 37.7 Å². The molecule has 0 aliphatic carbocycles. The monoisotopic (exact) mass is 415 g/mol. The molecule has 0 radical (unpaired) electrons. The fourth-order valence-corrected chi connectivity index (χ4v) is 5.00. The van der Waals surface area contributed by atoms with Crippen LogP contribution < -0.4 is 10.6 Å². The van der Waals surface area contributed by atoms with Crippen LogP contribution in [0.25, 0.3) is 0 Å². The van der Waals surface area contributed by atoms with Crippen molar-refractivity contribution in [2.45, 2.75) is 17.2 Å². The minimum Gasteiger partial charge on any atom is -0.379 e. The van der Waals surface area contributed by atoms with Crippen LogP contribution in [0.2, 0.25) is 0 Å². The first kappa shape index (κ1) is 19.6. The molecular formula is C20H21N3O5S. The smallest absolute Gasteiger partial charge is 0.243 e. The van der Waals surface area contributed by atoms with E-state index in [4.69, 9.17) is 4.74 Å². The number of rotatable bonds is 4. The van der Waals surface area contributed by atoms with Crippen LogP contribution >= 0.6 is 0 Å². The summed E-state index contributed by atoms with van der Waals surface area (Å²) in [6.07, 6.45) is 0.0363. The molecule has 0 aromatic heterocycles. The summed E-state index contributed by atoms with van der Waals surface area (Å²) in [5.41, 5.74) is 1.72. The SMILES string of the molecule is O=C1C[C@H](C(=O)Nc2cccc(S(=O)(=O)N3CCOCC3)c2)c2ccccc2N1. The number of para-hydroxylation sites is 1. The summed E-state index contributed by atoms with van der Waals surface area (Å²) >= 11 is 0. The highest BCUT2D eigenvalue weighted by molar-refractivity contribution is 7.89. The van der Waals surface area contributed by atoms with Crippen molar-refractivity contribution in [2.24, 2.45) is 0 Å². The van der Waals surface area contributed by atoms with Crippen LogP contribution in [0, 0.1) is 0 Å². The Balaban J connectivity index is 1.56. The summed E-state index contributed by atoms with van der Waals surface area (Å²) in [4.78, 5) is 24.9. The number of hydrogen-bond acceptors (Lipinski definition) is 5. The summed E-state index contributed by atoms with van der Waals surface area (Å²) in [7, 11) is -3.66. The zero-order chi connectivity index (χ0) is 20.4. The summed E-state index contributed by atoms with van der Waals surface area (Å²) in [6.45, 7) is 1.32. The van der Waals surface area contributed by atoms with E-state index in [-0.39, 0.29) is 23.1 Å². The van der Waals surface area contributed by atoms with Crippen molar-refractivity contribution in [3.05, 3.63) is 54.1 Å². The molecule has 2 aliphatic heterocycles. The van der Waals surface area contributed by atoms with Gasteiger partial charge in [-0.1, -0.05) is 24.3 Å². The first-order valence-corrected chi connectivity index (χ1v) is 10.8. The van der Waals surface area contributed by atoms with Crippen LogP contribution in [0.5, 0.6) is 0 Å². The molecule has 29 heavy (non-hydrogen) atoms. The topological polar surface area (TPSA) is 105 Å². The average Bonchev–Trinajstić information content (AvgIpc) is 2.74. The van der Waals surface area contributed by atoms with Crippen molar-refractivity contribution in [1.29, 1.82) is 0 Å². The molecule has 0 spiro atoms. The van der Waals surface area contributed by atoms with Gasteiger partial charge in [-0.05, 0) is 29.8 Å². The largest absolute Gasteiger partial charge is 0.379 e. The predicted molar refractivity (Wildman–Crippen MR) is 107 cm³/mol. The molecule has 9 heteroatoms. The lowest BCUT2D eigenvalue weighted by Crippen LogP contribution is -2.40. The summed E-state index contributed by atoms with van der Waals surface area (Å²) < 4.78 is 32.3. The number of carbonyl (C=O) groups is 2. The Kier molecular flexibility index (Phi) is 5.35. The Bertz CT molecular complexity index is 1050. The minimum absolute atomic E-state index is 0.0363. The lowest BCUT2D eigenvalue weighted by molar-refractivity contribution is -0.123. The van der Waals surface area contributed by atoms with E-state index >= 15 is 0 Å². The second-order valence-corrected chi connectivity index (χ2v) is 8.86.